The van der Waals surface area contributed by atoms with Crippen molar-refractivity contribution < 1.29 is 14.7 Å². The number of hydrogen-bond acceptors (Lipinski definition) is 4. The molecule has 4 aromatic rings. The summed E-state index contributed by atoms with van der Waals surface area (Å²) in [4.78, 5) is 31.4. The van der Waals surface area contributed by atoms with Gasteiger partial charge in [-0.05, 0) is 74.1 Å². The number of carboxylic acid groups (broad SMARTS) is 1. The maximum atomic E-state index is 12.8. The second-order valence-corrected chi connectivity index (χ2v) is 9.86. The molecule has 0 bridgehead atoms. The summed E-state index contributed by atoms with van der Waals surface area (Å²) in [5, 5.41) is 16.7. The second-order valence-electron chi connectivity index (χ2n) is 9.47. The first-order valence-corrected chi connectivity index (χ1v) is 13.1. The molecule has 1 saturated heterocycles. The Bertz CT molecular complexity index is 1520. The minimum atomic E-state index is -0.985. The number of pyridine rings is 1. The summed E-state index contributed by atoms with van der Waals surface area (Å²) in [6, 6.07) is 23.7. The number of aromatic nitrogens is 2. The van der Waals surface area contributed by atoms with Crippen LogP contribution in [0.3, 0.4) is 0 Å². The molecule has 9 heteroatoms. The molecule has 0 spiro atoms. The minimum absolute atomic E-state index is 0.107. The lowest BCUT2D eigenvalue weighted by Gasteiger charge is -2.28. The standard InChI is InChI=1S/C30H29N5O3S/c1-19-18-23(20(2)35(19)25-14-7-6-12-22(25)29(37)38)28-27(24-13-8-9-16-31-24)33-30(39)34(28)17-15-26(36)32-21-10-4-3-5-11-21/h3-14,16,18,27-28H,15,17H2,1-2H3,(H,32,36)(H,33,39)(H,37,38)/t27-,28-/m0/s1. The normalized spacial score (nSPS) is 16.7. The fraction of sp³-hybridized carbons (Fsp3) is 0.200. The molecule has 1 fully saturated rings. The second kappa shape index (κ2) is 11.1. The van der Waals surface area contributed by atoms with E-state index in [-0.39, 0.29) is 30.0 Å². The maximum Gasteiger partial charge on any atom is 0.337 e. The van der Waals surface area contributed by atoms with Crippen molar-refractivity contribution in [1.29, 1.82) is 0 Å². The zero-order valence-corrected chi connectivity index (χ0v) is 22.5. The number of benzene rings is 2. The summed E-state index contributed by atoms with van der Waals surface area (Å²) in [6.07, 6.45) is 1.99. The predicted molar refractivity (Wildman–Crippen MR) is 154 cm³/mol. The van der Waals surface area contributed by atoms with E-state index in [0.29, 0.717) is 17.3 Å². The third-order valence-corrected chi connectivity index (χ3v) is 7.35. The van der Waals surface area contributed by atoms with Crippen molar-refractivity contribution in [3.05, 3.63) is 113 Å². The van der Waals surface area contributed by atoms with Gasteiger partial charge in [0.15, 0.2) is 5.11 Å². The monoisotopic (exact) mass is 539 g/mol. The average molecular weight is 540 g/mol. The number of thiocarbonyl (C=S) groups is 1. The molecule has 1 aliphatic heterocycles. The Morgan fingerprint density at radius 3 is 2.46 bits per heavy atom. The van der Waals surface area contributed by atoms with Crippen molar-refractivity contribution in [2.24, 2.45) is 0 Å². The Kier molecular flexibility index (Phi) is 7.42. The lowest BCUT2D eigenvalue weighted by molar-refractivity contribution is -0.116. The third-order valence-electron chi connectivity index (χ3n) is 7.00. The summed E-state index contributed by atoms with van der Waals surface area (Å²) < 4.78 is 1.97. The molecule has 3 heterocycles. The molecular formula is C30H29N5O3S. The molecule has 1 aliphatic rings. The molecule has 198 valence electrons. The zero-order valence-electron chi connectivity index (χ0n) is 21.7. The van der Waals surface area contributed by atoms with E-state index in [1.807, 2.05) is 84.0 Å². The number of carbonyl (C=O) groups is 2. The van der Waals surface area contributed by atoms with Crippen molar-refractivity contribution in [1.82, 2.24) is 19.8 Å². The Hall–Kier alpha value is -4.50. The van der Waals surface area contributed by atoms with E-state index < -0.39 is 5.97 Å². The molecule has 0 saturated carbocycles. The molecule has 0 aliphatic carbocycles. The van der Waals surface area contributed by atoms with E-state index in [4.69, 9.17) is 12.2 Å². The van der Waals surface area contributed by atoms with Gasteiger partial charge in [0.1, 0.15) is 0 Å². The lowest BCUT2D eigenvalue weighted by Crippen LogP contribution is -2.32. The number of nitrogens with zero attached hydrogens (tertiary/aromatic N) is 3. The van der Waals surface area contributed by atoms with Crippen LogP contribution in [0.4, 0.5) is 5.69 Å². The van der Waals surface area contributed by atoms with Crippen molar-refractivity contribution in [3.63, 3.8) is 0 Å². The van der Waals surface area contributed by atoms with Crippen LogP contribution in [-0.2, 0) is 4.79 Å². The van der Waals surface area contributed by atoms with Crippen molar-refractivity contribution in [2.45, 2.75) is 32.4 Å². The van der Waals surface area contributed by atoms with Crippen LogP contribution >= 0.6 is 12.2 Å². The quantitative estimate of drug-likeness (QED) is 0.265. The first-order valence-electron chi connectivity index (χ1n) is 12.7. The average Bonchev–Trinajstić information content (AvgIpc) is 3.42. The Morgan fingerprint density at radius 1 is 1.03 bits per heavy atom. The summed E-state index contributed by atoms with van der Waals surface area (Å²) in [7, 11) is 0. The van der Waals surface area contributed by atoms with E-state index in [2.05, 4.69) is 21.7 Å². The van der Waals surface area contributed by atoms with Gasteiger partial charge in [-0.2, -0.15) is 0 Å². The summed E-state index contributed by atoms with van der Waals surface area (Å²) in [5.41, 5.74) is 5.18. The Balaban J connectivity index is 1.51. The third kappa shape index (κ3) is 5.26. The molecule has 2 aromatic carbocycles. The summed E-state index contributed by atoms with van der Waals surface area (Å²) in [6.45, 7) is 4.34. The fourth-order valence-electron chi connectivity index (χ4n) is 5.26. The number of anilines is 1. The van der Waals surface area contributed by atoms with Crippen LogP contribution in [-0.4, -0.2) is 43.1 Å². The van der Waals surface area contributed by atoms with Crippen molar-refractivity contribution >= 4 is 34.9 Å². The lowest BCUT2D eigenvalue weighted by atomic mass is 9.96. The van der Waals surface area contributed by atoms with Gasteiger partial charge in [0.25, 0.3) is 0 Å². The van der Waals surface area contributed by atoms with Gasteiger partial charge in [0.2, 0.25) is 5.91 Å². The van der Waals surface area contributed by atoms with Crippen LogP contribution in [0, 0.1) is 13.8 Å². The van der Waals surface area contributed by atoms with Gasteiger partial charge in [0.05, 0.1) is 29.0 Å². The Labute approximate surface area is 232 Å². The van der Waals surface area contributed by atoms with Crippen LogP contribution in [0.1, 0.15) is 51.5 Å². The zero-order chi connectivity index (χ0) is 27.5. The number of para-hydroxylation sites is 2. The van der Waals surface area contributed by atoms with Gasteiger partial charge in [-0.3, -0.25) is 9.78 Å². The van der Waals surface area contributed by atoms with Crippen LogP contribution in [0.25, 0.3) is 5.69 Å². The highest BCUT2D eigenvalue weighted by Gasteiger charge is 2.41. The molecule has 1 amide bonds. The van der Waals surface area contributed by atoms with Crippen molar-refractivity contribution in [2.75, 3.05) is 11.9 Å². The van der Waals surface area contributed by atoms with Crippen LogP contribution in [0.2, 0.25) is 0 Å². The van der Waals surface area contributed by atoms with Gasteiger partial charge >= 0.3 is 5.97 Å². The number of amides is 1. The predicted octanol–water partition coefficient (Wildman–Crippen LogP) is 5.19. The van der Waals surface area contributed by atoms with Gasteiger partial charge in [-0.1, -0.05) is 36.4 Å². The van der Waals surface area contributed by atoms with Crippen LogP contribution in [0.15, 0.2) is 85.1 Å². The number of carboxylic acids is 1. The van der Waals surface area contributed by atoms with E-state index >= 15 is 0 Å². The van der Waals surface area contributed by atoms with E-state index in [1.165, 1.54) is 0 Å². The highest BCUT2D eigenvalue weighted by atomic mass is 32.1. The largest absolute Gasteiger partial charge is 0.478 e. The number of carbonyl (C=O) groups excluding carboxylic acids is 1. The van der Waals surface area contributed by atoms with E-state index in [9.17, 15) is 14.7 Å². The highest BCUT2D eigenvalue weighted by Crippen LogP contribution is 2.41. The molecule has 8 nitrogen and oxygen atoms in total. The fourth-order valence-corrected chi connectivity index (χ4v) is 5.59. The topological polar surface area (TPSA) is 99.5 Å². The molecule has 39 heavy (non-hydrogen) atoms. The first kappa shape index (κ1) is 26.1. The maximum absolute atomic E-state index is 12.8. The highest BCUT2D eigenvalue weighted by molar-refractivity contribution is 7.80. The smallest absolute Gasteiger partial charge is 0.337 e. The molecule has 5 rings (SSSR count). The van der Waals surface area contributed by atoms with E-state index in [1.54, 1.807) is 18.3 Å². The van der Waals surface area contributed by atoms with Gasteiger partial charge in [-0.15, -0.1) is 0 Å². The first-order chi connectivity index (χ1) is 18.8. The van der Waals surface area contributed by atoms with E-state index in [0.717, 1.165) is 28.3 Å². The number of rotatable bonds is 8. The van der Waals surface area contributed by atoms with Crippen molar-refractivity contribution in [3.8, 4) is 5.69 Å². The number of hydrogen-bond donors (Lipinski definition) is 3. The van der Waals surface area contributed by atoms with Gasteiger partial charge in [-0.25, -0.2) is 4.79 Å². The molecule has 3 N–H and O–H groups in total. The van der Waals surface area contributed by atoms with Gasteiger partial charge in [0, 0.05) is 36.2 Å². The summed E-state index contributed by atoms with van der Waals surface area (Å²) in [5.74, 6) is -1.09. The van der Waals surface area contributed by atoms with Gasteiger partial charge < -0.3 is 25.2 Å². The molecule has 0 radical (unpaired) electrons. The van der Waals surface area contributed by atoms with Crippen LogP contribution < -0.4 is 10.6 Å². The number of aryl methyl sites for hydroxylation is 1. The van der Waals surface area contributed by atoms with Crippen LogP contribution in [0.5, 0.6) is 0 Å². The Morgan fingerprint density at radius 2 is 1.74 bits per heavy atom. The summed E-state index contributed by atoms with van der Waals surface area (Å²) >= 11 is 5.78. The number of aromatic carboxylic acids is 1. The minimum Gasteiger partial charge on any atom is -0.478 e. The molecular weight excluding hydrogens is 510 g/mol. The molecule has 2 atom stereocenters. The number of nitrogens with one attached hydrogen (secondary N) is 2. The molecule has 0 unspecified atom stereocenters. The molecule has 2 aromatic heterocycles. The SMILES string of the molecule is Cc1cc([C@H]2[C@H](c3ccccn3)NC(=S)N2CCC(=O)Nc2ccccc2)c(C)n1-c1ccccc1C(=O)O.